The molecule has 0 aliphatic rings. The van der Waals surface area contributed by atoms with E-state index in [2.05, 4.69) is 27.1 Å². The minimum Gasteiger partial charge on any atom is -0.459 e. The molecule has 0 fully saturated rings. The number of aromatic nitrogens is 1. The lowest BCUT2D eigenvalue weighted by atomic mass is 10.1. The first-order valence-electron chi connectivity index (χ1n) is 7.70. The van der Waals surface area contributed by atoms with Gasteiger partial charge in [0.1, 0.15) is 0 Å². The molecule has 0 spiro atoms. The highest BCUT2D eigenvalue weighted by molar-refractivity contribution is 7.14. The molecule has 8 heteroatoms. The summed E-state index contributed by atoms with van der Waals surface area (Å²) in [7, 11) is 0. The largest absolute Gasteiger partial charge is 0.459 e. The van der Waals surface area contributed by atoms with Gasteiger partial charge in [-0.2, -0.15) is 11.3 Å². The fourth-order valence-electron chi connectivity index (χ4n) is 2.32. The van der Waals surface area contributed by atoms with E-state index in [-0.39, 0.29) is 30.0 Å². The van der Waals surface area contributed by atoms with E-state index in [0.717, 1.165) is 6.42 Å². The molecule has 3 aromatic heterocycles. The van der Waals surface area contributed by atoms with Crippen molar-refractivity contribution in [3.05, 3.63) is 57.6 Å². The highest BCUT2D eigenvalue weighted by atomic mass is 32.1. The second kappa shape index (κ2) is 8.09. The molecule has 6 nitrogen and oxygen atoms in total. The molecule has 3 aromatic rings. The molecule has 1 unspecified atom stereocenters. The summed E-state index contributed by atoms with van der Waals surface area (Å²) in [4.78, 5) is 28.3. The first-order valence-corrected chi connectivity index (χ1v) is 9.52. The van der Waals surface area contributed by atoms with Crippen LogP contribution in [0.25, 0.3) is 0 Å². The Hall–Kier alpha value is -2.45. The minimum atomic E-state index is -0.361. The number of amides is 2. The Labute approximate surface area is 152 Å². The van der Waals surface area contributed by atoms with Gasteiger partial charge in [-0.05, 0) is 47.9 Å². The lowest BCUT2D eigenvalue weighted by molar-refractivity contribution is -0.121. The summed E-state index contributed by atoms with van der Waals surface area (Å²) in [5.74, 6) is -0.228. The molecule has 2 N–H and O–H groups in total. The predicted octanol–water partition coefficient (Wildman–Crippen LogP) is 3.34. The number of carbonyl (C=O) groups is 2. The van der Waals surface area contributed by atoms with Gasteiger partial charge in [0.2, 0.25) is 5.91 Å². The molecular weight excluding hydrogens is 358 g/mol. The summed E-state index contributed by atoms with van der Waals surface area (Å²) >= 11 is 2.92. The van der Waals surface area contributed by atoms with Crippen molar-refractivity contribution in [2.75, 3.05) is 5.32 Å². The van der Waals surface area contributed by atoms with Gasteiger partial charge in [0.25, 0.3) is 5.91 Å². The maximum Gasteiger partial charge on any atom is 0.293 e. The van der Waals surface area contributed by atoms with Crippen molar-refractivity contribution in [1.29, 1.82) is 0 Å². The molecule has 130 valence electrons. The monoisotopic (exact) mass is 375 g/mol. The Morgan fingerprint density at radius 3 is 2.92 bits per heavy atom. The van der Waals surface area contributed by atoms with E-state index >= 15 is 0 Å². The number of rotatable bonds is 7. The second-order valence-electron chi connectivity index (χ2n) is 5.56. The topological polar surface area (TPSA) is 84.2 Å². The van der Waals surface area contributed by atoms with Gasteiger partial charge in [-0.3, -0.25) is 14.9 Å². The summed E-state index contributed by atoms with van der Waals surface area (Å²) in [6.45, 7) is 1.98. The summed E-state index contributed by atoms with van der Waals surface area (Å²) in [5.41, 5.74) is 1.84. The van der Waals surface area contributed by atoms with Crippen LogP contribution in [-0.2, 0) is 17.6 Å². The van der Waals surface area contributed by atoms with Gasteiger partial charge in [-0.15, -0.1) is 11.3 Å². The number of nitrogens with one attached hydrogen (secondary N) is 2. The summed E-state index contributed by atoms with van der Waals surface area (Å²) < 4.78 is 5.03. The molecule has 0 aliphatic heterocycles. The van der Waals surface area contributed by atoms with Crippen LogP contribution in [0.3, 0.4) is 0 Å². The highest BCUT2D eigenvalue weighted by Crippen LogP contribution is 2.17. The molecule has 25 heavy (non-hydrogen) atoms. The van der Waals surface area contributed by atoms with E-state index in [0.29, 0.717) is 10.8 Å². The molecule has 0 aliphatic carbocycles. The third-order valence-electron chi connectivity index (χ3n) is 3.39. The van der Waals surface area contributed by atoms with Crippen molar-refractivity contribution in [2.45, 2.75) is 25.8 Å². The van der Waals surface area contributed by atoms with Crippen molar-refractivity contribution in [1.82, 2.24) is 10.3 Å². The Kier molecular flexibility index (Phi) is 5.62. The normalized spacial score (nSPS) is 11.9. The van der Waals surface area contributed by atoms with E-state index in [1.165, 1.54) is 23.2 Å². The van der Waals surface area contributed by atoms with Gasteiger partial charge in [0.05, 0.1) is 18.4 Å². The number of anilines is 1. The number of thiophene rings is 1. The minimum absolute atomic E-state index is 0.0545. The smallest absolute Gasteiger partial charge is 0.293 e. The third kappa shape index (κ3) is 5.01. The van der Waals surface area contributed by atoms with E-state index in [1.807, 2.05) is 12.3 Å². The Morgan fingerprint density at radius 2 is 2.20 bits per heavy atom. The van der Waals surface area contributed by atoms with Crippen molar-refractivity contribution in [2.24, 2.45) is 0 Å². The molecule has 3 heterocycles. The van der Waals surface area contributed by atoms with Crippen LogP contribution < -0.4 is 10.6 Å². The van der Waals surface area contributed by atoms with Crippen LogP contribution in [0.2, 0.25) is 0 Å². The average Bonchev–Trinajstić information content (AvgIpc) is 3.28. The number of thiazole rings is 1. The number of carbonyl (C=O) groups excluding carboxylic acids is 2. The maximum atomic E-state index is 12.1. The zero-order valence-corrected chi connectivity index (χ0v) is 15.2. The lowest BCUT2D eigenvalue weighted by Crippen LogP contribution is -2.35. The van der Waals surface area contributed by atoms with Gasteiger partial charge < -0.3 is 9.73 Å². The standard InChI is InChI=1S/C17H17N3O3S2/c1-11(7-12-4-6-24-9-12)18-15(21)8-13-10-25-17(19-13)20-16(22)14-3-2-5-23-14/h2-6,9-11H,7-8H2,1H3,(H,18,21)(H,19,20,22). The SMILES string of the molecule is CC(Cc1ccsc1)NC(=O)Cc1csc(NC(=O)c2ccco2)n1. The van der Waals surface area contributed by atoms with Gasteiger partial charge in [-0.25, -0.2) is 4.98 Å². The van der Waals surface area contributed by atoms with Crippen molar-refractivity contribution >= 4 is 39.6 Å². The van der Waals surface area contributed by atoms with Gasteiger partial charge in [0.15, 0.2) is 10.9 Å². The zero-order chi connectivity index (χ0) is 17.6. The molecule has 0 bridgehead atoms. The van der Waals surface area contributed by atoms with E-state index in [4.69, 9.17) is 4.42 Å². The van der Waals surface area contributed by atoms with Gasteiger partial charge in [0, 0.05) is 11.4 Å². The molecule has 0 saturated carbocycles. The van der Waals surface area contributed by atoms with Crippen LogP contribution in [0.4, 0.5) is 5.13 Å². The van der Waals surface area contributed by atoms with Crippen LogP contribution in [0.1, 0.15) is 28.7 Å². The van der Waals surface area contributed by atoms with E-state index < -0.39 is 0 Å². The van der Waals surface area contributed by atoms with E-state index in [9.17, 15) is 9.59 Å². The van der Waals surface area contributed by atoms with Gasteiger partial charge in [-0.1, -0.05) is 0 Å². The first kappa shape index (κ1) is 17.4. The van der Waals surface area contributed by atoms with Crippen molar-refractivity contribution in [3.8, 4) is 0 Å². The quantitative estimate of drug-likeness (QED) is 0.663. The van der Waals surface area contributed by atoms with Crippen molar-refractivity contribution < 1.29 is 14.0 Å². The molecule has 2 amide bonds. The molecular formula is C17H17N3O3S2. The maximum absolute atomic E-state index is 12.1. The Balaban J connectivity index is 1.49. The number of nitrogens with zero attached hydrogens (tertiary/aromatic N) is 1. The fraction of sp³-hybridized carbons (Fsp3) is 0.235. The van der Waals surface area contributed by atoms with Crippen LogP contribution in [0.5, 0.6) is 0 Å². The summed E-state index contributed by atoms with van der Waals surface area (Å²) in [6, 6.07) is 5.33. The van der Waals surface area contributed by atoms with Crippen LogP contribution >= 0.6 is 22.7 Å². The first-order chi connectivity index (χ1) is 12.1. The third-order valence-corrected chi connectivity index (χ3v) is 4.93. The van der Waals surface area contributed by atoms with Crippen molar-refractivity contribution in [3.63, 3.8) is 0 Å². The molecule has 0 saturated heterocycles. The van der Waals surface area contributed by atoms with Crippen LogP contribution in [0, 0.1) is 0 Å². The average molecular weight is 375 g/mol. The molecule has 3 rings (SSSR count). The number of furan rings is 1. The Morgan fingerprint density at radius 1 is 1.32 bits per heavy atom. The number of hydrogen-bond donors (Lipinski definition) is 2. The summed E-state index contributed by atoms with van der Waals surface area (Å²) in [5, 5.41) is 11.9. The molecule has 0 radical (unpaired) electrons. The second-order valence-corrected chi connectivity index (χ2v) is 7.19. The van der Waals surface area contributed by atoms with Gasteiger partial charge >= 0.3 is 0 Å². The predicted molar refractivity (Wildman–Crippen MR) is 98.1 cm³/mol. The lowest BCUT2D eigenvalue weighted by Gasteiger charge is -2.12. The molecule has 1 atom stereocenters. The summed E-state index contributed by atoms with van der Waals surface area (Å²) in [6.07, 6.45) is 2.42. The number of hydrogen-bond acceptors (Lipinski definition) is 6. The van der Waals surface area contributed by atoms with Crippen LogP contribution in [0.15, 0.2) is 45.0 Å². The highest BCUT2D eigenvalue weighted by Gasteiger charge is 2.14. The Bertz CT molecular complexity index is 825. The van der Waals surface area contributed by atoms with Crippen LogP contribution in [-0.4, -0.2) is 22.8 Å². The molecule has 0 aromatic carbocycles. The van der Waals surface area contributed by atoms with E-state index in [1.54, 1.807) is 28.8 Å². The zero-order valence-electron chi connectivity index (χ0n) is 13.5. The fourth-order valence-corrected chi connectivity index (χ4v) is 3.70.